The van der Waals surface area contributed by atoms with Crippen LogP contribution >= 0.6 is 0 Å². The number of aromatic nitrogens is 3. The Morgan fingerprint density at radius 2 is 2.14 bits per heavy atom. The number of fused-ring (bicyclic) bond motifs is 1. The van der Waals surface area contributed by atoms with Gasteiger partial charge >= 0.3 is 0 Å². The fourth-order valence-electron chi connectivity index (χ4n) is 3.29. The second-order valence-electron chi connectivity index (χ2n) is 6.53. The van der Waals surface area contributed by atoms with E-state index in [4.69, 9.17) is 4.52 Å². The number of halogens is 1. The molecule has 1 atom stereocenters. The summed E-state index contributed by atoms with van der Waals surface area (Å²) < 4.78 is 20.9. The highest BCUT2D eigenvalue weighted by Gasteiger charge is 2.29. The number of rotatable bonds is 4. The molecular weight excluding hydrogens is 375 g/mol. The predicted molar refractivity (Wildman–Crippen MR) is 104 cm³/mol. The minimum Gasteiger partial charge on any atom is -0.371 e. The first kappa shape index (κ1) is 17.2. The summed E-state index contributed by atoms with van der Waals surface area (Å²) in [6, 6.07) is 10.2. The van der Waals surface area contributed by atoms with E-state index in [-0.39, 0.29) is 18.5 Å². The van der Waals surface area contributed by atoms with Gasteiger partial charge in [0, 0.05) is 24.9 Å². The molecule has 3 N–H and O–H groups in total. The second kappa shape index (κ2) is 6.89. The lowest BCUT2D eigenvalue weighted by Crippen LogP contribution is -2.45. The Hall–Kier alpha value is -3.95. The number of aliphatic imine (C=N–C) groups is 1. The molecule has 2 aliphatic rings. The summed E-state index contributed by atoms with van der Waals surface area (Å²) in [5.41, 5.74) is 6.36. The molecule has 0 fully saturated rings. The molecule has 2 aromatic heterocycles. The Balaban J connectivity index is 1.52. The molecule has 0 amide bonds. The van der Waals surface area contributed by atoms with Crippen molar-refractivity contribution in [3.63, 3.8) is 0 Å². The van der Waals surface area contributed by atoms with Crippen molar-refractivity contribution < 1.29 is 8.91 Å². The number of amidine groups is 2. The van der Waals surface area contributed by atoms with Crippen molar-refractivity contribution in [3.05, 3.63) is 71.5 Å². The van der Waals surface area contributed by atoms with Crippen LogP contribution in [0.4, 0.5) is 4.39 Å². The van der Waals surface area contributed by atoms with Crippen LogP contribution < -0.4 is 16.1 Å². The molecule has 0 aliphatic carbocycles. The molecule has 1 aromatic carbocycles. The normalized spacial score (nSPS) is 17.6. The summed E-state index contributed by atoms with van der Waals surface area (Å²) in [6.07, 6.45) is 3.04. The fraction of sp³-hybridized carbons (Fsp3) is 0.158. The molecule has 0 bridgehead atoms. The second-order valence-corrected chi connectivity index (χ2v) is 6.53. The third-order valence-electron chi connectivity index (χ3n) is 4.74. The van der Waals surface area contributed by atoms with Gasteiger partial charge in [-0.25, -0.2) is 9.38 Å². The smallest absolute Gasteiger partial charge is 0.155 e. The Kier molecular flexibility index (Phi) is 4.08. The monoisotopic (exact) mass is 392 g/mol. The maximum atomic E-state index is 14.2. The summed E-state index contributed by atoms with van der Waals surface area (Å²) >= 11 is 0. The molecule has 0 spiro atoms. The SMILES string of the molecule is CNC1=NNC2NC(c3cc(-c4ccon4)n(Cc4ccccc4F)n3)=NC=C12. The van der Waals surface area contributed by atoms with Crippen molar-refractivity contribution >= 4 is 11.7 Å². The van der Waals surface area contributed by atoms with E-state index in [9.17, 15) is 4.39 Å². The van der Waals surface area contributed by atoms with Crippen molar-refractivity contribution in [3.8, 4) is 11.4 Å². The van der Waals surface area contributed by atoms with E-state index in [1.54, 1.807) is 42.2 Å². The lowest BCUT2D eigenvalue weighted by molar-refractivity contribution is 0.421. The van der Waals surface area contributed by atoms with Crippen molar-refractivity contribution in [2.45, 2.75) is 12.7 Å². The number of hydrogen-bond donors (Lipinski definition) is 3. The fourth-order valence-corrected chi connectivity index (χ4v) is 3.29. The topological polar surface area (TPSA) is 105 Å². The van der Waals surface area contributed by atoms with Crippen molar-refractivity contribution in [2.75, 3.05) is 7.05 Å². The van der Waals surface area contributed by atoms with Crippen LogP contribution in [-0.4, -0.2) is 39.8 Å². The zero-order valence-electron chi connectivity index (χ0n) is 15.4. The average Bonchev–Trinajstić information content (AvgIpc) is 3.48. The molecular formula is C19H17FN8O. The quantitative estimate of drug-likeness (QED) is 0.620. The zero-order valence-corrected chi connectivity index (χ0v) is 15.4. The lowest BCUT2D eigenvalue weighted by atomic mass is 10.1. The largest absolute Gasteiger partial charge is 0.371 e. The summed E-state index contributed by atoms with van der Waals surface area (Å²) in [5.74, 6) is 1.03. The molecule has 2 aliphatic heterocycles. The van der Waals surface area contributed by atoms with E-state index >= 15 is 0 Å². The van der Waals surface area contributed by atoms with Crippen LogP contribution in [-0.2, 0) is 6.54 Å². The standard InChI is InChI=1S/C19H17FN8O/c1-21-17-12-9-22-19(23-18(12)25-24-17)15-8-16(14-6-7-29-27-14)28(26-15)10-11-4-2-3-5-13(11)20/h2-9,18,25H,10H2,1H3,(H,21,24)(H,22,23). The van der Waals surface area contributed by atoms with E-state index in [2.05, 4.69) is 36.4 Å². The number of hydrogen-bond acceptors (Lipinski definition) is 8. The minimum absolute atomic E-state index is 0.197. The molecule has 29 heavy (non-hydrogen) atoms. The minimum atomic E-state index is -0.289. The van der Waals surface area contributed by atoms with Crippen LogP contribution in [0.3, 0.4) is 0 Å². The van der Waals surface area contributed by atoms with E-state index in [0.717, 1.165) is 11.4 Å². The van der Waals surface area contributed by atoms with Crippen LogP contribution in [0.5, 0.6) is 0 Å². The van der Waals surface area contributed by atoms with Gasteiger partial charge in [0.1, 0.15) is 29.6 Å². The number of nitrogens with zero attached hydrogens (tertiary/aromatic N) is 5. The summed E-state index contributed by atoms with van der Waals surface area (Å²) in [5, 5.41) is 19.2. The van der Waals surface area contributed by atoms with Gasteiger partial charge in [-0.3, -0.25) is 10.1 Å². The highest BCUT2D eigenvalue weighted by molar-refractivity contribution is 6.05. The highest BCUT2D eigenvalue weighted by Crippen LogP contribution is 2.22. The van der Waals surface area contributed by atoms with Gasteiger partial charge in [0.2, 0.25) is 0 Å². The molecule has 10 heteroatoms. The Morgan fingerprint density at radius 1 is 1.24 bits per heavy atom. The third-order valence-corrected chi connectivity index (χ3v) is 4.74. The van der Waals surface area contributed by atoms with Gasteiger partial charge in [0.25, 0.3) is 0 Å². The van der Waals surface area contributed by atoms with Gasteiger partial charge in [-0.1, -0.05) is 23.4 Å². The third kappa shape index (κ3) is 3.04. The maximum Gasteiger partial charge on any atom is 0.155 e. The molecule has 1 unspecified atom stereocenters. The van der Waals surface area contributed by atoms with Gasteiger partial charge in [0.05, 0.1) is 17.8 Å². The predicted octanol–water partition coefficient (Wildman–Crippen LogP) is 1.42. The Labute approximate surface area is 165 Å². The first-order valence-electron chi connectivity index (χ1n) is 9.01. The molecule has 3 aromatic rings. The number of nitrogens with one attached hydrogen (secondary N) is 3. The van der Waals surface area contributed by atoms with Crippen LogP contribution in [0.2, 0.25) is 0 Å². The number of hydrazone groups is 1. The van der Waals surface area contributed by atoms with Crippen LogP contribution in [0.15, 0.2) is 69.1 Å². The van der Waals surface area contributed by atoms with Gasteiger partial charge in [-0.15, -0.1) is 0 Å². The molecule has 4 heterocycles. The van der Waals surface area contributed by atoms with E-state index < -0.39 is 0 Å². The van der Waals surface area contributed by atoms with E-state index in [1.165, 1.54) is 12.3 Å². The lowest BCUT2D eigenvalue weighted by Gasteiger charge is -2.19. The zero-order chi connectivity index (χ0) is 19.8. The Morgan fingerprint density at radius 3 is 2.93 bits per heavy atom. The van der Waals surface area contributed by atoms with Gasteiger partial charge < -0.3 is 15.2 Å². The maximum absolute atomic E-state index is 14.2. The van der Waals surface area contributed by atoms with E-state index in [0.29, 0.717) is 28.5 Å². The molecule has 9 nitrogen and oxygen atoms in total. The number of benzene rings is 1. The molecule has 0 radical (unpaired) electrons. The molecule has 146 valence electrons. The van der Waals surface area contributed by atoms with Crippen molar-refractivity contribution in [2.24, 2.45) is 10.1 Å². The van der Waals surface area contributed by atoms with Gasteiger partial charge in [0.15, 0.2) is 11.7 Å². The number of likely N-dealkylation sites (N-methyl/N-ethyl adjacent to an activating group) is 1. The van der Waals surface area contributed by atoms with Crippen LogP contribution in [0.1, 0.15) is 11.3 Å². The first-order chi connectivity index (χ1) is 14.2. The van der Waals surface area contributed by atoms with Gasteiger partial charge in [-0.05, 0) is 12.1 Å². The summed E-state index contributed by atoms with van der Waals surface area (Å²) in [7, 11) is 1.80. The Bertz CT molecular complexity index is 1140. The van der Waals surface area contributed by atoms with Gasteiger partial charge in [-0.2, -0.15) is 10.2 Å². The first-order valence-corrected chi connectivity index (χ1v) is 9.01. The highest BCUT2D eigenvalue weighted by atomic mass is 19.1. The average molecular weight is 392 g/mol. The molecule has 0 saturated heterocycles. The van der Waals surface area contributed by atoms with Crippen LogP contribution in [0, 0.1) is 5.82 Å². The summed E-state index contributed by atoms with van der Waals surface area (Å²) in [4.78, 5) is 4.49. The van der Waals surface area contributed by atoms with Crippen molar-refractivity contribution in [1.82, 2.24) is 31.0 Å². The van der Waals surface area contributed by atoms with Crippen LogP contribution in [0.25, 0.3) is 11.4 Å². The van der Waals surface area contributed by atoms with Crippen molar-refractivity contribution in [1.29, 1.82) is 0 Å². The summed E-state index contributed by atoms with van der Waals surface area (Å²) in [6.45, 7) is 0.248. The molecule has 5 rings (SSSR count). The van der Waals surface area contributed by atoms with E-state index in [1.807, 2.05) is 6.07 Å². The molecule has 0 saturated carbocycles.